The van der Waals surface area contributed by atoms with E-state index in [1.165, 1.54) is 11.3 Å². The second-order valence-corrected chi connectivity index (χ2v) is 6.45. The van der Waals surface area contributed by atoms with Crippen LogP contribution in [0.5, 0.6) is 11.5 Å². The summed E-state index contributed by atoms with van der Waals surface area (Å²) in [7, 11) is 3.27. The smallest absolute Gasteiger partial charge is 0.286 e. The third-order valence-corrected chi connectivity index (χ3v) is 4.77. The maximum Gasteiger partial charge on any atom is 0.286 e. The quantitative estimate of drug-likeness (QED) is 0.640. The first-order chi connectivity index (χ1) is 12.7. The Kier molecular flexibility index (Phi) is 6.04. The molecule has 3 aromatic rings. The first-order valence-corrected chi connectivity index (χ1v) is 8.95. The van der Waals surface area contributed by atoms with Gasteiger partial charge in [-0.2, -0.15) is 4.99 Å². The number of rotatable bonds is 7. The summed E-state index contributed by atoms with van der Waals surface area (Å²) >= 11 is 1.44. The van der Waals surface area contributed by atoms with Gasteiger partial charge in [-0.3, -0.25) is 4.79 Å². The average Bonchev–Trinajstić information content (AvgIpc) is 3.02. The van der Waals surface area contributed by atoms with Crippen molar-refractivity contribution in [3.8, 4) is 11.5 Å². The van der Waals surface area contributed by atoms with Crippen molar-refractivity contribution in [3.05, 3.63) is 53.3 Å². The second-order valence-electron chi connectivity index (χ2n) is 5.44. The van der Waals surface area contributed by atoms with Crippen LogP contribution in [0.15, 0.2) is 53.5 Å². The van der Waals surface area contributed by atoms with Crippen molar-refractivity contribution in [1.29, 1.82) is 0 Å². The number of fused-ring (bicyclic) bond motifs is 1. The molecule has 1 heterocycles. The Morgan fingerprint density at radius 1 is 1.12 bits per heavy atom. The monoisotopic (exact) mass is 372 g/mol. The largest absolute Gasteiger partial charge is 0.495 e. The highest BCUT2D eigenvalue weighted by Crippen LogP contribution is 2.27. The van der Waals surface area contributed by atoms with E-state index in [0.29, 0.717) is 23.7 Å². The minimum Gasteiger partial charge on any atom is -0.495 e. The maximum absolute atomic E-state index is 12.3. The lowest BCUT2D eigenvalue weighted by Gasteiger charge is -2.08. The summed E-state index contributed by atoms with van der Waals surface area (Å²) in [6.45, 7) is 0.966. The lowest BCUT2D eigenvalue weighted by molar-refractivity contribution is -0.120. The Morgan fingerprint density at radius 2 is 1.92 bits per heavy atom. The number of hydrogen-bond donors (Lipinski definition) is 0. The molecule has 2 aromatic carbocycles. The highest BCUT2D eigenvalue weighted by molar-refractivity contribution is 7.16. The van der Waals surface area contributed by atoms with Crippen LogP contribution in [0, 0.1) is 0 Å². The van der Waals surface area contributed by atoms with Crippen molar-refractivity contribution in [2.75, 3.05) is 27.4 Å². The van der Waals surface area contributed by atoms with Crippen molar-refractivity contribution in [2.24, 2.45) is 4.99 Å². The zero-order valence-electron chi connectivity index (χ0n) is 14.7. The van der Waals surface area contributed by atoms with Gasteiger partial charge in [-0.05, 0) is 24.3 Å². The number of para-hydroxylation sites is 2. The van der Waals surface area contributed by atoms with Crippen molar-refractivity contribution in [3.63, 3.8) is 0 Å². The van der Waals surface area contributed by atoms with Crippen molar-refractivity contribution in [2.45, 2.75) is 6.54 Å². The fraction of sp³-hybridized carbons (Fsp3) is 0.263. The second kappa shape index (κ2) is 8.64. The van der Waals surface area contributed by atoms with E-state index in [9.17, 15) is 4.79 Å². The molecule has 0 spiro atoms. The van der Waals surface area contributed by atoms with Crippen LogP contribution in [0.25, 0.3) is 10.2 Å². The molecule has 0 unspecified atom stereocenters. The summed E-state index contributed by atoms with van der Waals surface area (Å²) in [5.74, 6) is 1.04. The molecule has 3 rings (SSSR count). The minimum absolute atomic E-state index is 0.111. The number of aromatic nitrogens is 1. The van der Waals surface area contributed by atoms with E-state index in [2.05, 4.69) is 4.99 Å². The van der Waals surface area contributed by atoms with E-state index in [1.54, 1.807) is 26.4 Å². The first-order valence-electron chi connectivity index (χ1n) is 8.13. The van der Waals surface area contributed by atoms with Gasteiger partial charge < -0.3 is 18.8 Å². The van der Waals surface area contributed by atoms with Crippen LogP contribution in [-0.2, 0) is 16.1 Å². The fourth-order valence-corrected chi connectivity index (χ4v) is 3.63. The Morgan fingerprint density at radius 3 is 2.65 bits per heavy atom. The van der Waals surface area contributed by atoms with Crippen LogP contribution in [0.2, 0.25) is 0 Å². The van der Waals surface area contributed by atoms with Crippen LogP contribution in [0.4, 0.5) is 0 Å². The van der Waals surface area contributed by atoms with E-state index >= 15 is 0 Å². The number of thiazole rings is 1. The number of amides is 1. The Labute approximate surface area is 155 Å². The van der Waals surface area contributed by atoms with Crippen molar-refractivity contribution in [1.82, 2.24) is 4.57 Å². The molecular weight excluding hydrogens is 352 g/mol. The van der Waals surface area contributed by atoms with Gasteiger partial charge in [-0.15, -0.1) is 0 Å². The molecule has 1 aromatic heterocycles. The molecule has 0 fully saturated rings. The summed E-state index contributed by atoms with van der Waals surface area (Å²) in [4.78, 5) is 17.1. The first kappa shape index (κ1) is 18.2. The molecule has 0 saturated carbocycles. The van der Waals surface area contributed by atoms with E-state index in [0.717, 1.165) is 16.0 Å². The summed E-state index contributed by atoms with van der Waals surface area (Å²) in [6, 6.07) is 15.0. The van der Waals surface area contributed by atoms with Crippen LogP contribution in [0.3, 0.4) is 0 Å². The number of hydrogen-bond acceptors (Lipinski definition) is 5. The van der Waals surface area contributed by atoms with Gasteiger partial charge >= 0.3 is 0 Å². The summed E-state index contributed by atoms with van der Waals surface area (Å²) in [5, 5.41) is 0. The Bertz CT molecular complexity index is 947. The van der Waals surface area contributed by atoms with E-state index in [-0.39, 0.29) is 12.5 Å². The van der Waals surface area contributed by atoms with E-state index in [4.69, 9.17) is 14.2 Å². The maximum atomic E-state index is 12.3. The van der Waals surface area contributed by atoms with Gasteiger partial charge in [0.05, 0.1) is 18.4 Å². The molecule has 136 valence electrons. The van der Waals surface area contributed by atoms with Gasteiger partial charge in [-0.25, -0.2) is 0 Å². The highest BCUT2D eigenvalue weighted by atomic mass is 32.1. The van der Waals surface area contributed by atoms with Crippen LogP contribution < -0.4 is 14.3 Å². The number of ether oxygens (including phenoxy) is 3. The highest BCUT2D eigenvalue weighted by Gasteiger charge is 2.12. The lowest BCUT2D eigenvalue weighted by atomic mass is 10.3. The Balaban J connectivity index is 1.92. The molecule has 0 bridgehead atoms. The molecule has 7 heteroatoms. The minimum atomic E-state index is -0.342. The lowest BCUT2D eigenvalue weighted by Crippen LogP contribution is -2.21. The molecular formula is C19H20N2O4S. The predicted molar refractivity (Wildman–Crippen MR) is 101 cm³/mol. The van der Waals surface area contributed by atoms with Gasteiger partial charge in [0.2, 0.25) is 0 Å². The third-order valence-electron chi connectivity index (χ3n) is 3.73. The molecule has 26 heavy (non-hydrogen) atoms. The molecule has 6 nitrogen and oxygen atoms in total. The van der Waals surface area contributed by atoms with Gasteiger partial charge in [0.1, 0.15) is 17.0 Å². The third kappa shape index (κ3) is 4.12. The number of carbonyl (C=O) groups is 1. The topological polar surface area (TPSA) is 62.1 Å². The zero-order chi connectivity index (χ0) is 18.4. The van der Waals surface area contributed by atoms with Crippen molar-refractivity contribution >= 4 is 27.5 Å². The molecule has 0 atom stereocenters. The van der Waals surface area contributed by atoms with E-state index in [1.807, 2.05) is 41.0 Å². The number of methoxy groups -OCH3 is 2. The number of nitrogens with zero attached hydrogens (tertiary/aromatic N) is 2. The number of carbonyl (C=O) groups excluding carboxylic acids is 1. The fourth-order valence-electron chi connectivity index (χ4n) is 2.54. The summed E-state index contributed by atoms with van der Waals surface area (Å²) in [6.07, 6.45) is 0. The van der Waals surface area contributed by atoms with Crippen molar-refractivity contribution < 1.29 is 19.0 Å². The standard InChI is InChI=1S/C19H20N2O4S/c1-23-12-11-21-18-15(24-2)9-6-10-16(18)26-19(21)20-17(22)13-25-14-7-4-3-5-8-14/h3-10H,11-13H2,1-2H3. The predicted octanol–water partition coefficient (Wildman–Crippen LogP) is 2.86. The van der Waals surface area contributed by atoms with Gasteiger partial charge in [-0.1, -0.05) is 35.6 Å². The average molecular weight is 372 g/mol. The summed E-state index contributed by atoms with van der Waals surface area (Å²) < 4.78 is 19.1. The molecule has 0 aliphatic heterocycles. The molecule has 0 aliphatic carbocycles. The zero-order valence-corrected chi connectivity index (χ0v) is 15.5. The SMILES string of the molecule is COCCn1c(=NC(=O)COc2ccccc2)sc2cccc(OC)c21. The molecule has 0 N–H and O–H groups in total. The Hall–Kier alpha value is -2.64. The van der Waals surface area contributed by atoms with Gasteiger partial charge in [0, 0.05) is 13.7 Å². The number of benzene rings is 2. The van der Waals surface area contributed by atoms with Crippen LogP contribution in [0.1, 0.15) is 0 Å². The van der Waals surface area contributed by atoms with Crippen LogP contribution in [-0.4, -0.2) is 37.9 Å². The molecule has 0 radical (unpaired) electrons. The van der Waals surface area contributed by atoms with E-state index < -0.39 is 0 Å². The van der Waals surface area contributed by atoms with Crippen LogP contribution >= 0.6 is 11.3 Å². The van der Waals surface area contributed by atoms with Gasteiger partial charge in [0.25, 0.3) is 5.91 Å². The molecule has 0 aliphatic rings. The normalized spacial score (nSPS) is 11.7. The molecule has 0 saturated heterocycles. The van der Waals surface area contributed by atoms with Gasteiger partial charge in [0.15, 0.2) is 11.4 Å². The molecule has 1 amide bonds. The summed E-state index contributed by atoms with van der Waals surface area (Å²) in [5.41, 5.74) is 0.910.